The fourth-order valence-corrected chi connectivity index (χ4v) is 5.98. The third kappa shape index (κ3) is 3.30. The van der Waals surface area contributed by atoms with E-state index in [1.165, 1.54) is 25.7 Å². The third-order valence-electron chi connectivity index (χ3n) is 7.13. The summed E-state index contributed by atoms with van der Waals surface area (Å²) in [6, 6.07) is 7.88. The Balaban J connectivity index is 1.37. The molecule has 2 aliphatic carbocycles. The van der Waals surface area contributed by atoms with E-state index >= 15 is 0 Å². The summed E-state index contributed by atoms with van der Waals surface area (Å²) < 4.78 is 1.01. The van der Waals surface area contributed by atoms with Gasteiger partial charge in [-0.05, 0) is 55.6 Å². The van der Waals surface area contributed by atoms with Crippen molar-refractivity contribution in [1.29, 1.82) is 0 Å². The van der Waals surface area contributed by atoms with Gasteiger partial charge < -0.3 is 4.90 Å². The van der Waals surface area contributed by atoms with Gasteiger partial charge in [-0.1, -0.05) is 34.5 Å². The Kier molecular flexibility index (Phi) is 4.77. The van der Waals surface area contributed by atoms with Gasteiger partial charge in [-0.15, -0.1) is 0 Å². The maximum atomic E-state index is 13.1. The lowest BCUT2D eigenvalue weighted by Crippen LogP contribution is -2.44. The lowest BCUT2D eigenvalue weighted by atomic mass is 9.86. The van der Waals surface area contributed by atoms with Crippen LogP contribution in [0.5, 0.6) is 0 Å². The van der Waals surface area contributed by atoms with E-state index < -0.39 is 0 Å². The van der Waals surface area contributed by atoms with Crippen molar-refractivity contribution in [3.8, 4) is 0 Å². The van der Waals surface area contributed by atoms with Gasteiger partial charge in [-0.3, -0.25) is 9.59 Å². The molecule has 6 heteroatoms. The summed E-state index contributed by atoms with van der Waals surface area (Å²) in [5.74, 6) is 2.42. The van der Waals surface area contributed by atoms with Crippen LogP contribution in [0.25, 0.3) is 0 Å². The second-order valence-electron chi connectivity index (χ2n) is 8.81. The molecule has 3 fully saturated rings. The highest BCUT2D eigenvalue weighted by molar-refractivity contribution is 9.10. The Morgan fingerprint density at radius 3 is 2.64 bits per heavy atom. The summed E-state index contributed by atoms with van der Waals surface area (Å²) in [7, 11) is 0. The van der Waals surface area contributed by atoms with Crippen LogP contribution in [0, 0.1) is 17.8 Å². The average molecular weight is 444 g/mol. The molecular weight excluding hydrogens is 418 g/mol. The fourth-order valence-electron chi connectivity index (χ4n) is 5.72. The van der Waals surface area contributed by atoms with Crippen molar-refractivity contribution in [2.75, 3.05) is 13.1 Å². The summed E-state index contributed by atoms with van der Waals surface area (Å²) in [6.07, 6.45) is 7.27. The van der Waals surface area contributed by atoms with Crippen LogP contribution in [0.3, 0.4) is 0 Å². The van der Waals surface area contributed by atoms with Gasteiger partial charge in [0.2, 0.25) is 11.8 Å². The molecule has 2 bridgehead atoms. The molecule has 2 amide bonds. The Labute approximate surface area is 174 Å². The van der Waals surface area contributed by atoms with Gasteiger partial charge in [0.05, 0.1) is 18.3 Å². The van der Waals surface area contributed by atoms with E-state index in [1.807, 2.05) is 29.2 Å². The smallest absolute Gasteiger partial charge is 0.243 e. The third-order valence-corrected chi connectivity index (χ3v) is 7.65. The van der Waals surface area contributed by atoms with Crippen LogP contribution in [0.4, 0.5) is 0 Å². The monoisotopic (exact) mass is 443 g/mol. The molecule has 0 spiro atoms. The van der Waals surface area contributed by atoms with E-state index in [4.69, 9.17) is 5.10 Å². The van der Waals surface area contributed by atoms with E-state index in [-0.39, 0.29) is 17.9 Å². The number of likely N-dealkylation sites (tertiary alicyclic amines) is 1. The zero-order chi connectivity index (χ0) is 19.3. The maximum absolute atomic E-state index is 13.1. The Morgan fingerprint density at radius 1 is 1.18 bits per heavy atom. The molecule has 2 heterocycles. The number of carbonyl (C=O) groups is 2. The first-order valence-electron chi connectivity index (χ1n) is 10.5. The lowest BCUT2D eigenvalue weighted by Gasteiger charge is -2.26. The van der Waals surface area contributed by atoms with Crippen LogP contribution in [-0.4, -0.2) is 46.6 Å². The molecule has 4 atom stereocenters. The van der Waals surface area contributed by atoms with Gasteiger partial charge in [-0.2, -0.15) is 5.10 Å². The molecule has 1 saturated heterocycles. The van der Waals surface area contributed by atoms with Gasteiger partial charge in [-0.25, -0.2) is 5.01 Å². The highest BCUT2D eigenvalue weighted by Crippen LogP contribution is 2.49. The SMILES string of the molecule is O=C(CC1CC2CCC1C2)N1CC(N2CCCC2=O)C(c2ccc(Br)cc2)=N1. The first kappa shape index (κ1) is 18.3. The number of hydrogen-bond donors (Lipinski definition) is 0. The number of fused-ring (bicyclic) bond motifs is 2. The van der Waals surface area contributed by atoms with Gasteiger partial charge >= 0.3 is 0 Å². The van der Waals surface area contributed by atoms with Crippen LogP contribution >= 0.6 is 15.9 Å². The molecule has 28 heavy (non-hydrogen) atoms. The van der Waals surface area contributed by atoms with Crippen molar-refractivity contribution in [3.05, 3.63) is 34.3 Å². The lowest BCUT2D eigenvalue weighted by molar-refractivity contribution is -0.134. The Morgan fingerprint density at radius 2 is 2.00 bits per heavy atom. The molecule has 1 aromatic carbocycles. The van der Waals surface area contributed by atoms with E-state index in [1.54, 1.807) is 5.01 Å². The number of amides is 2. The normalized spacial score (nSPS) is 31.8. The highest BCUT2D eigenvalue weighted by Gasteiger charge is 2.43. The summed E-state index contributed by atoms with van der Waals surface area (Å²) >= 11 is 3.48. The summed E-state index contributed by atoms with van der Waals surface area (Å²) in [6.45, 7) is 1.25. The summed E-state index contributed by atoms with van der Waals surface area (Å²) in [5.41, 5.74) is 1.84. The topological polar surface area (TPSA) is 53.0 Å². The van der Waals surface area contributed by atoms with Crippen LogP contribution < -0.4 is 0 Å². The van der Waals surface area contributed by atoms with Crippen molar-refractivity contribution < 1.29 is 9.59 Å². The standard InChI is InChI=1S/C22H26BrN3O2/c23-18-7-5-15(6-8-18)22-19(25-9-1-2-20(25)27)13-26(24-22)21(28)12-17-11-14-3-4-16(17)10-14/h5-8,14,16-17,19H,1-4,9-13H2. The molecule has 1 aromatic rings. The maximum Gasteiger partial charge on any atom is 0.243 e. The Bertz CT molecular complexity index is 822. The number of hydrogen-bond acceptors (Lipinski definition) is 3. The number of rotatable bonds is 4. The minimum atomic E-state index is -0.125. The number of hydrazone groups is 1. The molecule has 4 unspecified atom stereocenters. The average Bonchev–Trinajstić information content (AvgIpc) is 3.45. The van der Waals surface area contributed by atoms with Crippen molar-refractivity contribution >= 4 is 33.5 Å². The highest BCUT2D eigenvalue weighted by atomic mass is 79.9. The molecule has 4 aliphatic rings. The molecule has 5 rings (SSSR count). The second kappa shape index (κ2) is 7.29. The van der Waals surface area contributed by atoms with Crippen molar-refractivity contribution in [1.82, 2.24) is 9.91 Å². The molecule has 0 N–H and O–H groups in total. The van der Waals surface area contributed by atoms with Crippen LogP contribution in [0.2, 0.25) is 0 Å². The quantitative estimate of drug-likeness (QED) is 0.709. The van der Waals surface area contributed by atoms with Crippen molar-refractivity contribution in [2.45, 2.75) is 51.0 Å². The van der Waals surface area contributed by atoms with Gasteiger partial charge in [0.15, 0.2) is 0 Å². The molecule has 2 saturated carbocycles. The van der Waals surface area contributed by atoms with E-state index in [0.29, 0.717) is 25.3 Å². The number of halogens is 1. The number of carbonyl (C=O) groups excluding carboxylic acids is 2. The molecular formula is C22H26BrN3O2. The fraction of sp³-hybridized carbons (Fsp3) is 0.591. The molecule has 2 aliphatic heterocycles. The minimum Gasteiger partial charge on any atom is -0.332 e. The zero-order valence-electron chi connectivity index (χ0n) is 16.0. The number of nitrogens with zero attached hydrogens (tertiary/aromatic N) is 3. The first-order valence-corrected chi connectivity index (χ1v) is 11.3. The van der Waals surface area contributed by atoms with Gasteiger partial charge in [0.25, 0.3) is 0 Å². The van der Waals surface area contributed by atoms with Crippen molar-refractivity contribution in [2.24, 2.45) is 22.9 Å². The largest absolute Gasteiger partial charge is 0.332 e. The van der Waals surface area contributed by atoms with Crippen LogP contribution in [0.1, 0.15) is 50.5 Å². The predicted molar refractivity (Wildman–Crippen MR) is 111 cm³/mol. The van der Waals surface area contributed by atoms with E-state index in [0.717, 1.165) is 40.5 Å². The van der Waals surface area contributed by atoms with Gasteiger partial charge in [0, 0.05) is 29.4 Å². The predicted octanol–water partition coefficient (Wildman–Crippen LogP) is 3.81. The van der Waals surface area contributed by atoms with E-state index in [2.05, 4.69) is 15.9 Å². The Hall–Kier alpha value is -1.69. The van der Waals surface area contributed by atoms with Crippen LogP contribution in [-0.2, 0) is 9.59 Å². The minimum absolute atomic E-state index is 0.125. The molecule has 148 valence electrons. The summed E-state index contributed by atoms with van der Waals surface area (Å²) in [5, 5.41) is 6.40. The summed E-state index contributed by atoms with van der Waals surface area (Å²) in [4.78, 5) is 27.4. The van der Waals surface area contributed by atoms with Crippen molar-refractivity contribution in [3.63, 3.8) is 0 Å². The molecule has 0 radical (unpaired) electrons. The second-order valence-corrected chi connectivity index (χ2v) is 9.73. The number of benzene rings is 1. The molecule has 5 nitrogen and oxygen atoms in total. The van der Waals surface area contributed by atoms with Gasteiger partial charge in [0.1, 0.15) is 0 Å². The zero-order valence-corrected chi connectivity index (χ0v) is 17.6. The first-order chi connectivity index (χ1) is 13.6. The van der Waals surface area contributed by atoms with E-state index in [9.17, 15) is 9.59 Å². The van der Waals surface area contributed by atoms with Crippen LogP contribution in [0.15, 0.2) is 33.8 Å². The molecule has 0 aromatic heterocycles.